The Morgan fingerprint density at radius 2 is 1.60 bits per heavy atom. The van der Waals surface area contributed by atoms with Gasteiger partial charge in [-0.3, -0.25) is 25.2 Å². The number of carboxylic acid groups (broad SMARTS) is 1. The van der Waals surface area contributed by atoms with Crippen molar-refractivity contribution in [2.24, 2.45) is 0 Å². The summed E-state index contributed by atoms with van der Waals surface area (Å²) in [5, 5.41) is 10.8. The SMILES string of the molecule is CC(C)(C)c1ccc(C(=O)NCC(=O)NNC(=O)C=CC(=O)O)cc1. The molecule has 3 amide bonds. The summed E-state index contributed by atoms with van der Waals surface area (Å²) in [7, 11) is 0. The summed E-state index contributed by atoms with van der Waals surface area (Å²) in [6.07, 6.45) is 1.38. The van der Waals surface area contributed by atoms with E-state index in [9.17, 15) is 19.2 Å². The van der Waals surface area contributed by atoms with E-state index in [1.54, 1.807) is 12.1 Å². The minimum atomic E-state index is -1.29. The van der Waals surface area contributed by atoms with Crippen molar-refractivity contribution in [2.75, 3.05) is 6.54 Å². The molecule has 8 nitrogen and oxygen atoms in total. The van der Waals surface area contributed by atoms with Crippen molar-refractivity contribution in [2.45, 2.75) is 26.2 Å². The highest BCUT2D eigenvalue weighted by Crippen LogP contribution is 2.22. The van der Waals surface area contributed by atoms with E-state index < -0.39 is 23.7 Å². The summed E-state index contributed by atoms with van der Waals surface area (Å²) in [5.41, 5.74) is 5.50. The monoisotopic (exact) mass is 347 g/mol. The van der Waals surface area contributed by atoms with E-state index in [-0.39, 0.29) is 12.0 Å². The van der Waals surface area contributed by atoms with Gasteiger partial charge in [0.25, 0.3) is 17.7 Å². The van der Waals surface area contributed by atoms with Gasteiger partial charge < -0.3 is 10.4 Å². The van der Waals surface area contributed by atoms with Crippen molar-refractivity contribution < 1.29 is 24.3 Å². The third-order valence-corrected chi connectivity index (χ3v) is 3.13. The van der Waals surface area contributed by atoms with E-state index in [2.05, 4.69) is 26.1 Å². The van der Waals surface area contributed by atoms with E-state index in [4.69, 9.17) is 5.11 Å². The van der Waals surface area contributed by atoms with Crippen LogP contribution in [0.25, 0.3) is 0 Å². The predicted molar refractivity (Wildman–Crippen MR) is 90.5 cm³/mol. The summed E-state index contributed by atoms with van der Waals surface area (Å²) in [6, 6.07) is 7.05. The summed E-state index contributed by atoms with van der Waals surface area (Å²) in [4.78, 5) is 44.9. The molecule has 0 radical (unpaired) electrons. The number of hydrogen-bond acceptors (Lipinski definition) is 4. The third-order valence-electron chi connectivity index (χ3n) is 3.13. The maximum Gasteiger partial charge on any atom is 0.328 e. The number of carbonyl (C=O) groups excluding carboxylic acids is 3. The van der Waals surface area contributed by atoms with Crippen LogP contribution in [0, 0.1) is 0 Å². The number of aliphatic carboxylic acids is 1. The van der Waals surface area contributed by atoms with Crippen LogP contribution in [-0.2, 0) is 19.8 Å². The Morgan fingerprint density at radius 3 is 2.12 bits per heavy atom. The van der Waals surface area contributed by atoms with Gasteiger partial charge in [-0.15, -0.1) is 0 Å². The predicted octanol–water partition coefficient (Wildman–Crippen LogP) is 0.502. The van der Waals surface area contributed by atoms with E-state index in [0.29, 0.717) is 11.6 Å². The number of hydrazine groups is 1. The Labute approximate surface area is 145 Å². The van der Waals surface area contributed by atoms with Crippen molar-refractivity contribution in [3.05, 3.63) is 47.5 Å². The number of carboxylic acids is 1. The number of nitrogens with one attached hydrogen (secondary N) is 3. The van der Waals surface area contributed by atoms with Crippen molar-refractivity contribution in [1.82, 2.24) is 16.2 Å². The molecule has 0 saturated carbocycles. The van der Waals surface area contributed by atoms with Crippen LogP contribution in [0.4, 0.5) is 0 Å². The topological polar surface area (TPSA) is 125 Å². The van der Waals surface area contributed by atoms with Gasteiger partial charge in [0.1, 0.15) is 0 Å². The maximum absolute atomic E-state index is 12.0. The number of hydrogen-bond donors (Lipinski definition) is 4. The molecule has 0 unspecified atom stereocenters. The van der Waals surface area contributed by atoms with Crippen molar-refractivity contribution in [3.8, 4) is 0 Å². The quantitative estimate of drug-likeness (QED) is 0.456. The van der Waals surface area contributed by atoms with Gasteiger partial charge in [-0.25, -0.2) is 4.79 Å². The Kier molecular flexibility index (Phi) is 6.86. The number of amides is 3. The van der Waals surface area contributed by atoms with E-state index >= 15 is 0 Å². The van der Waals surface area contributed by atoms with Gasteiger partial charge in [0.05, 0.1) is 6.54 Å². The van der Waals surface area contributed by atoms with E-state index in [0.717, 1.165) is 11.6 Å². The molecule has 0 aromatic heterocycles. The van der Waals surface area contributed by atoms with E-state index in [1.165, 1.54) is 0 Å². The minimum absolute atomic E-state index is 0.0256. The normalized spacial score (nSPS) is 11.0. The van der Waals surface area contributed by atoms with Gasteiger partial charge in [0, 0.05) is 17.7 Å². The third kappa shape index (κ3) is 7.30. The molecule has 4 N–H and O–H groups in total. The van der Waals surface area contributed by atoms with Crippen molar-refractivity contribution in [1.29, 1.82) is 0 Å². The summed E-state index contributed by atoms with van der Waals surface area (Å²) in [6.45, 7) is 5.84. The summed E-state index contributed by atoms with van der Waals surface area (Å²) < 4.78 is 0. The molecule has 25 heavy (non-hydrogen) atoms. The Bertz CT molecular complexity index is 687. The first-order chi connectivity index (χ1) is 11.6. The van der Waals surface area contributed by atoms with Crippen LogP contribution in [0.1, 0.15) is 36.7 Å². The molecule has 0 atom stereocenters. The van der Waals surface area contributed by atoms with Gasteiger partial charge >= 0.3 is 5.97 Å². The Morgan fingerprint density at radius 1 is 1.00 bits per heavy atom. The molecule has 1 aromatic rings. The molecule has 1 rings (SSSR count). The smallest absolute Gasteiger partial charge is 0.328 e. The fraction of sp³-hybridized carbons (Fsp3) is 0.294. The Hall–Kier alpha value is -3.16. The fourth-order valence-corrected chi connectivity index (χ4v) is 1.75. The number of benzene rings is 1. The first kappa shape index (κ1) is 19.9. The second-order valence-corrected chi connectivity index (χ2v) is 6.22. The van der Waals surface area contributed by atoms with Crippen LogP contribution in [0.5, 0.6) is 0 Å². The lowest BCUT2D eigenvalue weighted by atomic mass is 9.87. The zero-order chi connectivity index (χ0) is 19.0. The van der Waals surface area contributed by atoms with Gasteiger partial charge in [-0.2, -0.15) is 0 Å². The molecule has 1 aromatic carbocycles. The second-order valence-electron chi connectivity index (χ2n) is 6.22. The van der Waals surface area contributed by atoms with Crippen molar-refractivity contribution in [3.63, 3.8) is 0 Å². The molecule has 8 heteroatoms. The maximum atomic E-state index is 12.0. The zero-order valence-electron chi connectivity index (χ0n) is 14.3. The standard InChI is InChI=1S/C17H21N3O5/c1-17(2,3)12-6-4-11(5-7-12)16(25)18-10-14(22)20-19-13(21)8-9-15(23)24/h4-9H,10H2,1-3H3,(H,18,25)(H,19,21)(H,20,22)(H,23,24). The van der Waals surface area contributed by atoms with Crippen LogP contribution in [-0.4, -0.2) is 35.3 Å². The highest BCUT2D eigenvalue weighted by molar-refractivity contribution is 5.97. The summed E-state index contributed by atoms with van der Waals surface area (Å²) in [5.74, 6) is -3.17. The molecule has 0 aliphatic heterocycles. The molecule has 0 aliphatic carbocycles. The van der Waals surface area contributed by atoms with Gasteiger partial charge in [0.15, 0.2) is 0 Å². The number of rotatable bonds is 5. The molecule has 134 valence electrons. The highest BCUT2D eigenvalue weighted by Gasteiger charge is 2.14. The average Bonchev–Trinajstić information content (AvgIpc) is 2.55. The lowest BCUT2D eigenvalue weighted by Crippen LogP contribution is -2.45. The molecule has 0 saturated heterocycles. The molecular formula is C17H21N3O5. The molecule has 0 aliphatic rings. The second kappa shape index (κ2) is 8.62. The molecule has 0 heterocycles. The molecule has 0 fully saturated rings. The zero-order valence-corrected chi connectivity index (χ0v) is 14.3. The van der Waals surface area contributed by atoms with Crippen LogP contribution in [0.3, 0.4) is 0 Å². The largest absolute Gasteiger partial charge is 0.478 e. The fourth-order valence-electron chi connectivity index (χ4n) is 1.75. The first-order valence-electron chi connectivity index (χ1n) is 7.48. The minimum Gasteiger partial charge on any atom is -0.478 e. The van der Waals surface area contributed by atoms with Crippen LogP contribution in [0.15, 0.2) is 36.4 Å². The van der Waals surface area contributed by atoms with Crippen LogP contribution in [0.2, 0.25) is 0 Å². The van der Waals surface area contributed by atoms with Gasteiger partial charge in [-0.1, -0.05) is 32.9 Å². The highest BCUT2D eigenvalue weighted by atomic mass is 16.4. The molecule has 0 bridgehead atoms. The van der Waals surface area contributed by atoms with Gasteiger partial charge in [0.2, 0.25) is 0 Å². The number of carbonyl (C=O) groups is 4. The van der Waals surface area contributed by atoms with Gasteiger partial charge in [-0.05, 0) is 23.1 Å². The van der Waals surface area contributed by atoms with Crippen LogP contribution >= 0.6 is 0 Å². The summed E-state index contributed by atoms with van der Waals surface area (Å²) >= 11 is 0. The Balaban J connectivity index is 2.44. The van der Waals surface area contributed by atoms with Crippen molar-refractivity contribution >= 4 is 23.7 Å². The lowest BCUT2D eigenvalue weighted by Gasteiger charge is -2.19. The lowest BCUT2D eigenvalue weighted by molar-refractivity contribution is -0.131. The van der Waals surface area contributed by atoms with Crippen LogP contribution < -0.4 is 16.2 Å². The van der Waals surface area contributed by atoms with E-state index in [1.807, 2.05) is 23.0 Å². The average molecular weight is 347 g/mol. The molecular weight excluding hydrogens is 326 g/mol. The first-order valence-corrected chi connectivity index (χ1v) is 7.48. The molecule has 0 spiro atoms.